The van der Waals surface area contributed by atoms with Gasteiger partial charge < -0.3 is 4.90 Å². The highest BCUT2D eigenvalue weighted by molar-refractivity contribution is 5.92. The summed E-state index contributed by atoms with van der Waals surface area (Å²) < 4.78 is 0. The quantitative estimate of drug-likeness (QED) is 0.162. The number of fused-ring (bicyclic) bond motifs is 10. The molecule has 298 valence electrons. The summed E-state index contributed by atoms with van der Waals surface area (Å²) in [5.41, 5.74) is 21.0. The second kappa shape index (κ2) is 14.4. The first kappa shape index (κ1) is 37.1. The molecule has 63 heavy (non-hydrogen) atoms. The van der Waals surface area contributed by atoms with E-state index >= 15 is 0 Å². The molecule has 2 aliphatic carbocycles. The van der Waals surface area contributed by atoms with Gasteiger partial charge in [-0.2, -0.15) is 0 Å². The van der Waals surface area contributed by atoms with Crippen molar-refractivity contribution in [1.29, 1.82) is 0 Å². The number of rotatable bonds is 6. The molecule has 0 aliphatic heterocycles. The fourth-order valence-electron chi connectivity index (χ4n) is 10.9. The van der Waals surface area contributed by atoms with Crippen LogP contribution in [0.2, 0.25) is 0 Å². The second-order valence-corrected chi connectivity index (χ2v) is 17.7. The molecular weight excluding hydrogens is 759 g/mol. The summed E-state index contributed by atoms with van der Waals surface area (Å²) in [6.45, 7) is 4.77. The maximum absolute atomic E-state index is 2.44. The third kappa shape index (κ3) is 5.77. The van der Waals surface area contributed by atoms with Crippen molar-refractivity contribution in [2.24, 2.45) is 0 Å². The van der Waals surface area contributed by atoms with E-state index < -0.39 is 5.41 Å². The van der Waals surface area contributed by atoms with E-state index in [2.05, 4.69) is 255 Å². The fourth-order valence-corrected chi connectivity index (χ4v) is 10.9. The smallest absolute Gasteiger partial charge is 0.0719 e. The lowest BCUT2D eigenvalue weighted by Gasteiger charge is -2.46. The highest BCUT2D eigenvalue weighted by atomic mass is 15.1. The average Bonchev–Trinajstić information content (AvgIpc) is 3.64. The Morgan fingerprint density at radius 1 is 0.270 bits per heavy atom. The van der Waals surface area contributed by atoms with E-state index in [4.69, 9.17) is 0 Å². The second-order valence-electron chi connectivity index (χ2n) is 17.7. The van der Waals surface area contributed by atoms with Crippen molar-refractivity contribution < 1.29 is 0 Å². The van der Waals surface area contributed by atoms with Gasteiger partial charge in [-0.25, -0.2) is 0 Å². The summed E-state index contributed by atoms with van der Waals surface area (Å²) >= 11 is 0. The van der Waals surface area contributed by atoms with E-state index in [0.29, 0.717) is 0 Å². The summed E-state index contributed by atoms with van der Waals surface area (Å²) in [7, 11) is 0. The molecule has 2 aliphatic rings. The number of benzene rings is 10. The average molecular weight is 804 g/mol. The Morgan fingerprint density at radius 3 is 1.25 bits per heavy atom. The Morgan fingerprint density at radius 2 is 0.667 bits per heavy atom. The predicted octanol–water partition coefficient (Wildman–Crippen LogP) is 16.3. The van der Waals surface area contributed by atoms with Crippen LogP contribution in [0.5, 0.6) is 0 Å². The molecule has 12 rings (SSSR count). The highest BCUT2D eigenvalue weighted by Gasteiger charge is 2.53. The van der Waals surface area contributed by atoms with Gasteiger partial charge in [0.1, 0.15) is 0 Å². The fraction of sp³-hybridized carbons (Fsp3) is 0.0645. The topological polar surface area (TPSA) is 3.24 Å². The molecule has 0 atom stereocenters. The standard InChI is InChI=1S/C62H45N/c1-61(2)57-20-10-12-22-59(57)62(60-23-13-11-21-58(60)61)55-19-9-8-18-53(55)54-41-49(32-39-56(54)62)46-30-37-52(38-31-46)63(50-33-26-44(27-34-50)42-14-4-3-5-15-42)51-35-28-45(29-36-51)48-25-24-43-16-6-7-17-47(43)40-48/h3-41H,1-2H3. The van der Waals surface area contributed by atoms with Gasteiger partial charge in [-0.1, -0.05) is 202 Å². The first-order valence-electron chi connectivity index (χ1n) is 22.1. The van der Waals surface area contributed by atoms with Crippen molar-refractivity contribution >= 4 is 27.8 Å². The molecule has 10 aromatic carbocycles. The minimum atomic E-state index is -0.391. The molecule has 0 saturated carbocycles. The Bertz CT molecular complexity index is 3290. The lowest BCUT2D eigenvalue weighted by molar-refractivity contribution is 0.563. The molecule has 0 unspecified atom stereocenters. The van der Waals surface area contributed by atoms with Crippen molar-refractivity contribution in [3.63, 3.8) is 0 Å². The Hall–Kier alpha value is -7.74. The minimum absolute atomic E-state index is 0.116. The number of anilines is 3. The number of nitrogens with zero attached hydrogens (tertiary/aromatic N) is 1. The molecule has 0 heterocycles. The summed E-state index contributed by atoms with van der Waals surface area (Å²) in [5, 5.41) is 2.50. The SMILES string of the molecule is CC1(C)c2ccccc2C2(c3ccccc3-c3cc(-c4ccc(N(c5ccc(-c6ccccc6)cc5)c5ccc(-c6ccc7ccccc7c6)cc5)cc4)ccc32)c2ccccc21. The molecule has 0 saturated heterocycles. The first-order valence-corrected chi connectivity index (χ1v) is 22.1. The van der Waals surface area contributed by atoms with E-state index in [1.807, 2.05) is 0 Å². The van der Waals surface area contributed by atoms with E-state index in [-0.39, 0.29) is 5.41 Å². The summed E-state index contributed by atoms with van der Waals surface area (Å²) in [6, 6.07) is 87.6. The van der Waals surface area contributed by atoms with Crippen LogP contribution in [-0.2, 0) is 10.8 Å². The van der Waals surface area contributed by atoms with Crippen molar-refractivity contribution in [3.8, 4) is 44.5 Å². The van der Waals surface area contributed by atoms with Crippen molar-refractivity contribution in [3.05, 3.63) is 270 Å². The van der Waals surface area contributed by atoms with Gasteiger partial charge in [0.2, 0.25) is 0 Å². The van der Waals surface area contributed by atoms with Crippen LogP contribution in [0.25, 0.3) is 55.3 Å². The minimum Gasteiger partial charge on any atom is -0.311 e. The maximum Gasteiger partial charge on any atom is 0.0719 e. The molecule has 1 heteroatoms. The van der Waals surface area contributed by atoms with Crippen LogP contribution in [0, 0.1) is 0 Å². The van der Waals surface area contributed by atoms with E-state index in [1.165, 1.54) is 88.7 Å². The lowest BCUT2D eigenvalue weighted by atomic mass is 9.55. The third-order valence-electron chi connectivity index (χ3n) is 14.0. The molecule has 10 aromatic rings. The van der Waals surface area contributed by atoms with Crippen LogP contribution in [0.4, 0.5) is 17.1 Å². The molecule has 1 nitrogen and oxygen atoms in total. The van der Waals surface area contributed by atoms with Crippen molar-refractivity contribution in [1.82, 2.24) is 0 Å². The lowest BCUT2D eigenvalue weighted by Crippen LogP contribution is -2.40. The van der Waals surface area contributed by atoms with Crippen LogP contribution in [0.3, 0.4) is 0 Å². The largest absolute Gasteiger partial charge is 0.311 e. The number of hydrogen-bond acceptors (Lipinski definition) is 1. The van der Waals surface area contributed by atoms with Gasteiger partial charge in [0.25, 0.3) is 0 Å². The Balaban J connectivity index is 0.944. The molecule has 0 N–H and O–H groups in total. The molecule has 0 radical (unpaired) electrons. The summed E-state index contributed by atoms with van der Waals surface area (Å²) in [5.74, 6) is 0. The Kier molecular flexibility index (Phi) is 8.49. The van der Waals surface area contributed by atoms with Gasteiger partial charge in [-0.3, -0.25) is 0 Å². The van der Waals surface area contributed by atoms with Crippen molar-refractivity contribution in [2.75, 3.05) is 4.90 Å². The van der Waals surface area contributed by atoms with Gasteiger partial charge in [0.15, 0.2) is 0 Å². The zero-order chi connectivity index (χ0) is 42.1. The summed E-state index contributed by atoms with van der Waals surface area (Å²) in [4.78, 5) is 2.37. The summed E-state index contributed by atoms with van der Waals surface area (Å²) in [6.07, 6.45) is 0. The van der Waals surface area contributed by atoms with Gasteiger partial charge in [0, 0.05) is 22.5 Å². The van der Waals surface area contributed by atoms with Crippen LogP contribution in [0.15, 0.2) is 237 Å². The maximum atomic E-state index is 2.44. The van der Waals surface area contributed by atoms with E-state index in [9.17, 15) is 0 Å². The zero-order valence-electron chi connectivity index (χ0n) is 35.5. The van der Waals surface area contributed by atoms with Crippen LogP contribution >= 0.6 is 0 Å². The van der Waals surface area contributed by atoms with Gasteiger partial charge in [0.05, 0.1) is 5.41 Å². The predicted molar refractivity (Wildman–Crippen MR) is 264 cm³/mol. The van der Waals surface area contributed by atoms with Crippen molar-refractivity contribution in [2.45, 2.75) is 24.7 Å². The first-order chi connectivity index (χ1) is 31.0. The van der Waals surface area contributed by atoms with E-state index in [1.54, 1.807) is 0 Å². The van der Waals surface area contributed by atoms with E-state index in [0.717, 1.165) is 17.1 Å². The molecule has 0 amide bonds. The van der Waals surface area contributed by atoms with Crippen LogP contribution < -0.4 is 4.90 Å². The van der Waals surface area contributed by atoms with Gasteiger partial charge >= 0.3 is 0 Å². The monoisotopic (exact) mass is 803 g/mol. The zero-order valence-corrected chi connectivity index (χ0v) is 35.5. The van der Waals surface area contributed by atoms with Gasteiger partial charge in [-0.15, -0.1) is 0 Å². The molecule has 0 fully saturated rings. The van der Waals surface area contributed by atoms with Crippen LogP contribution in [-0.4, -0.2) is 0 Å². The number of hydrogen-bond donors (Lipinski definition) is 0. The Labute approximate surface area is 370 Å². The third-order valence-corrected chi connectivity index (χ3v) is 14.0. The molecule has 0 bridgehead atoms. The molecule has 1 spiro atoms. The van der Waals surface area contributed by atoms with Gasteiger partial charge in [-0.05, 0) is 137 Å². The molecular formula is C62H45N. The molecule has 0 aromatic heterocycles. The normalized spacial score (nSPS) is 13.8. The van der Waals surface area contributed by atoms with Crippen LogP contribution in [0.1, 0.15) is 47.2 Å². The highest BCUT2D eigenvalue weighted by Crippen LogP contribution is 2.62.